The van der Waals surface area contributed by atoms with Gasteiger partial charge in [-0.05, 0) is 34.5 Å². The largest absolute Gasteiger partial charge is 0.497 e. The molecule has 2 heterocycles. The van der Waals surface area contributed by atoms with Gasteiger partial charge in [0.05, 0.1) is 24.8 Å². The van der Waals surface area contributed by atoms with Crippen LogP contribution in [-0.2, 0) is 11.3 Å². The molecule has 206 valence electrons. The summed E-state index contributed by atoms with van der Waals surface area (Å²) in [7, 11) is 1.56. The monoisotopic (exact) mass is 536 g/mol. The van der Waals surface area contributed by atoms with Gasteiger partial charge in [-0.1, -0.05) is 36.4 Å². The summed E-state index contributed by atoms with van der Waals surface area (Å²) in [5.74, 6) is -0.0408. The zero-order chi connectivity index (χ0) is 27.7. The molecule has 6 N–H and O–H groups in total. The number of ether oxygens (including phenoxy) is 2. The highest BCUT2D eigenvalue weighted by Crippen LogP contribution is 2.33. The molecule has 5 rings (SSSR count). The predicted octanol–water partition coefficient (Wildman–Crippen LogP) is 1.13. The number of nitrogens with zero attached hydrogens (tertiary/aromatic N) is 1. The number of fused-ring (bicyclic) bond motifs is 2. The van der Waals surface area contributed by atoms with Crippen LogP contribution in [0.3, 0.4) is 0 Å². The van der Waals surface area contributed by atoms with Gasteiger partial charge in [0.25, 0.3) is 5.91 Å². The Morgan fingerprint density at radius 1 is 1.05 bits per heavy atom. The Morgan fingerprint density at radius 2 is 1.82 bits per heavy atom. The number of amides is 1. The molecule has 1 aromatic heterocycles. The number of methoxy groups -OCH3 is 1. The molecule has 10 heteroatoms. The minimum atomic E-state index is -1.92. The second kappa shape index (κ2) is 10.9. The van der Waals surface area contributed by atoms with Crippen LogP contribution >= 0.6 is 0 Å². The average Bonchev–Trinajstić information content (AvgIpc) is 3.31. The summed E-state index contributed by atoms with van der Waals surface area (Å²) < 4.78 is 12.6. The van der Waals surface area contributed by atoms with Crippen molar-refractivity contribution in [2.45, 2.75) is 43.1 Å². The number of carbonyl (C=O) groups is 1. The second-order valence-corrected chi connectivity index (χ2v) is 9.85. The molecule has 1 fully saturated rings. The first kappa shape index (κ1) is 27.1. The van der Waals surface area contributed by atoms with Crippen molar-refractivity contribution >= 4 is 27.6 Å². The van der Waals surface area contributed by atoms with Crippen molar-refractivity contribution in [2.75, 3.05) is 20.3 Å². The smallest absolute Gasteiger partial charge is 0.254 e. The number of nitrogens with one attached hydrogen (secondary N) is 1. The number of aromatic nitrogens is 1. The lowest BCUT2D eigenvalue weighted by molar-refractivity contribution is -0.284. The molecule has 0 saturated carbocycles. The zero-order valence-corrected chi connectivity index (χ0v) is 21.4. The molecule has 4 aromatic rings. The Morgan fingerprint density at radius 3 is 2.54 bits per heavy atom. The van der Waals surface area contributed by atoms with E-state index in [1.165, 1.54) is 0 Å². The van der Waals surface area contributed by atoms with Gasteiger partial charge in [-0.15, -0.1) is 0 Å². The summed E-state index contributed by atoms with van der Waals surface area (Å²) in [5, 5.41) is 56.7. The second-order valence-electron chi connectivity index (χ2n) is 9.85. The first-order valence-electron chi connectivity index (χ1n) is 12.7. The summed E-state index contributed by atoms with van der Waals surface area (Å²) in [6.45, 7) is -0.716. The Bertz CT molecular complexity index is 1490. The van der Waals surface area contributed by atoms with Crippen LogP contribution in [0.15, 0.2) is 66.9 Å². The van der Waals surface area contributed by atoms with Gasteiger partial charge in [0, 0.05) is 37.2 Å². The average molecular weight is 537 g/mol. The van der Waals surface area contributed by atoms with Crippen molar-refractivity contribution < 1.29 is 39.8 Å². The Hall–Kier alpha value is -3.51. The maximum atomic E-state index is 13.7. The lowest BCUT2D eigenvalue weighted by Gasteiger charge is -2.49. The van der Waals surface area contributed by atoms with Crippen LogP contribution in [-0.4, -0.2) is 86.5 Å². The van der Waals surface area contributed by atoms with Gasteiger partial charge < -0.3 is 44.9 Å². The standard InChI is InChI=1S/C29H32N2O8/c1-38-20-8-9-21-22(27(36)30-29(10-11-32)26(35)25(34)24(16-33)39-28(29)37)15-31(23(21)13-20)14-17-6-7-18-4-2-3-5-19(18)12-17/h2-9,12-13,15,24-26,28,32-35,37H,10-11,14,16H2,1H3,(H,30,36)/t24-,25-,26+,28?,29-/m1/s1. The third kappa shape index (κ3) is 4.87. The van der Waals surface area contributed by atoms with Gasteiger partial charge in [-0.3, -0.25) is 4.79 Å². The highest BCUT2D eigenvalue weighted by Gasteiger charge is 2.55. The van der Waals surface area contributed by atoms with Crippen molar-refractivity contribution in [3.8, 4) is 5.75 Å². The highest BCUT2D eigenvalue weighted by atomic mass is 16.6. The summed E-state index contributed by atoms with van der Waals surface area (Å²) in [6.07, 6.45) is -5.01. The maximum absolute atomic E-state index is 13.7. The molecule has 0 bridgehead atoms. The zero-order valence-electron chi connectivity index (χ0n) is 21.4. The predicted molar refractivity (Wildman–Crippen MR) is 143 cm³/mol. The van der Waals surface area contributed by atoms with Crippen LogP contribution in [0.2, 0.25) is 0 Å². The number of carbonyl (C=O) groups excluding carboxylic acids is 1. The maximum Gasteiger partial charge on any atom is 0.254 e. The van der Waals surface area contributed by atoms with E-state index in [4.69, 9.17) is 9.47 Å². The van der Waals surface area contributed by atoms with E-state index in [1.807, 2.05) is 47.0 Å². The molecule has 0 radical (unpaired) electrons. The topological polar surface area (TPSA) is 154 Å². The lowest BCUT2D eigenvalue weighted by atomic mass is 9.80. The first-order valence-corrected chi connectivity index (χ1v) is 12.7. The highest BCUT2D eigenvalue weighted by molar-refractivity contribution is 6.07. The number of hydrogen-bond acceptors (Lipinski definition) is 8. The fourth-order valence-electron chi connectivity index (χ4n) is 5.35. The van der Waals surface area contributed by atoms with E-state index in [2.05, 4.69) is 11.4 Å². The van der Waals surface area contributed by atoms with Crippen molar-refractivity contribution in [2.24, 2.45) is 0 Å². The van der Waals surface area contributed by atoms with E-state index in [0.717, 1.165) is 21.9 Å². The molecule has 1 aliphatic rings. The quantitative estimate of drug-likeness (QED) is 0.196. The van der Waals surface area contributed by atoms with Gasteiger partial charge in [-0.25, -0.2) is 0 Å². The van der Waals surface area contributed by atoms with Crippen LogP contribution in [0, 0.1) is 0 Å². The molecular formula is C29H32N2O8. The fourth-order valence-corrected chi connectivity index (χ4v) is 5.35. The van der Waals surface area contributed by atoms with Crippen LogP contribution in [0.4, 0.5) is 0 Å². The van der Waals surface area contributed by atoms with Crippen LogP contribution in [0.25, 0.3) is 21.7 Å². The van der Waals surface area contributed by atoms with E-state index in [9.17, 15) is 30.3 Å². The third-order valence-electron chi connectivity index (χ3n) is 7.53. The fraction of sp³-hybridized carbons (Fsp3) is 0.345. The van der Waals surface area contributed by atoms with Crippen molar-refractivity contribution in [1.82, 2.24) is 9.88 Å². The number of aliphatic hydroxyl groups excluding tert-OH is 5. The molecule has 0 spiro atoms. The van der Waals surface area contributed by atoms with Crippen molar-refractivity contribution in [3.63, 3.8) is 0 Å². The van der Waals surface area contributed by atoms with Gasteiger partial charge >= 0.3 is 0 Å². The normalized spacial score (nSPS) is 25.2. The van der Waals surface area contributed by atoms with Crippen molar-refractivity contribution in [1.29, 1.82) is 0 Å². The first-order chi connectivity index (χ1) is 18.8. The summed E-state index contributed by atoms with van der Waals surface area (Å²) in [5.41, 5.74) is 0.0758. The molecule has 3 aromatic carbocycles. The minimum Gasteiger partial charge on any atom is -0.497 e. The van der Waals surface area contributed by atoms with Gasteiger partial charge in [-0.2, -0.15) is 0 Å². The number of aliphatic hydroxyl groups is 5. The summed E-state index contributed by atoms with van der Waals surface area (Å²) in [4.78, 5) is 13.7. The Labute approximate surface area is 224 Å². The summed E-state index contributed by atoms with van der Waals surface area (Å²) >= 11 is 0. The van der Waals surface area contributed by atoms with Crippen LogP contribution < -0.4 is 10.1 Å². The minimum absolute atomic E-state index is 0.254. The molecule has 1 aliphatic heterocycles. The molecule has 1 unspecified atom stereocenters. The van der Waals surface area contributed by atoms with E-state index >= 15 is 0 Å². The molecule has 10 nitrogen and oxygen atoms in total. The Kier molecular flexibility index (Phi) is 7.59. The van der Waals surface area contributed by atoms with E-state index in [1.54, 1.807) is 25.4 Å². The van der Waals surface area contributed by atoms with Gasteiger partial charge in [0.2, 0.25) is 0 Å². The molecule has 39 heavy (non-hydrogen) atoms. The number of rotatable bonds is 8. The molecular weight excluding hydrogens is 504 g/mol. The number of hydrogen-bond donors (Lipinski definition) is 6. The summed E-state index contributed by atoms with van der Waals surface area (Å²) in [6, 6.07) is 19.5. The molecule has 1 saturated heterocycles. The molecule has 0 aliphatic carbocycles. The SMILES string of the molecule is COc1ccc2c(C(=O)N[C@@]3(CCO)C(O)O[C@H](CO)[C@@H](O)[C@@H]3O)cn(Cc3ccc4ccccc4c3)c2c1. The van der Waals surface area contributed by atoms with E-state index in [0.29, 0.717) is 17.7 Å². The van der Waals surface area contributed by atoms with Crippen LogP contribution in [0.5, 0.6) is 5.75 Å². The van der Waals surface area contributed by atoms with Gasteiger partial charge in [0.1, 0.15) is 29.6 Å². The van der Waals surface area contributed by atoms with Gasteiger partial charge in [0.15, 0.2) is 6.29 Å². The molecule has 1 amide bonds. The van der Waals surface area contributed by atoms with Crippen molar-refractivity contribution in [3.05, 3.63) is 78.0 Å². The van der Waals surface area contributed by atoms with E-state index in [-0.39, 0.29) is 12.0 Å². The Balaban J connectivity index is 1.53. The molecule has 5 atom stereocenters. The number of benzene rings is 3. The third-order valence-corrected chi connectivity index (χ3v) is 7.53. The van der Waals surface area contributed by atoms with E-state index < -0.39 is 49.3 Å². The van der Waals surface area contributed by atoms with Crippen LogP contribution in [0.1, 0.15) is 22.3 Å². The lowest BCUT2D eigenvalue weighted by Crippen LogP contribution is -2.73.